The Morgan fingerprint density at radius 2 is 2.00 bits per heavy atom. The summed E-state index contributed by atoms with van der Waals surface area (Å²) in [6, 6.07) is 2.60. The minimum absolute atomic E-state index is 0.159. The third kappa shape index (κ3) is 2.25. The third-order valence-electron chi connectivity index (χ3n) is 2.46. The van der Waals surface area contributed by atoms with Gasteiger partial charge in [0.05, 0.1) is 6.54 Å². The van der Waals surface area contributed by atoms with E-state index in [1.807, 2.05) is 0 Å². The number of hydrogen-bond donors (Lipinski definition) is 1. The second-order valence-electron chi connectivity index (χ2n) is 3.70. The van der Waals surface area contributed by atoms with Crippen molar-refractivity contribution in [2.75, 3.05) is 5.32 Å². The molecule has 0 unspecified atom stereocenters. The normalized spacial score (nSPS) is 10.6. The summed E-state index contributed by atoms with van der Waals surface area (Å²) in [4.78, 5) is 0. The molecule has 0 amide bonds. The lowest BCUT2D eigenvalue weighted by atomic mass is 10.2. The van der Waals surface area contributed by atoms with Crippen LogP contribution in [0.3, 0.4) is 0 Å². The molecule has 1 aromatic carbocycles. The zero-order chi connectivity index (χ0) is 12.4. The number of nitrogens with one attached hydrogen (secondary N) is 1. The summed E-state index contributed by atoms with van der Waals surface area (Å²) in [7, 11) is 0. The lowest BCUT2D eigenvalue weighted by molar-refractivity contribution is 0.301. The summed E-state index contributed by atoms with van der Waals surface area (Å²) in [6.45, 7) is 3.44. The first kappa shape index (κ1) is 11.5. The molecule has 0 fully saturated rings. The Balaban J connectivity index is 2.20. The average Bonchev–Trinajstić information content (AvgIpc) is 2.70. The maximum Gasteiger partial charge on any atom is 0.152 e. The summed E-state index contributed by atoms with van der Waals surface area (Å²) in [5.74, 6) is -1.23. The maximum atomic E-state index is 13.6. The van der Waals surface area contributed by atoms with E-state index in [1.165, 1.54) is 12.1 Å². The number of benzene rings is 1. The SMILES string of the molecule is Cc1ccc(F)c(NCc2nonc2C)c1F. The smallest absolute Gasteiger partial charge is 0.152 e. The van der Waals surface area contributed by atoms with Crippen LogP contribution in [-0.2, 0) is 6.54 Å². The van der Waals surface area contributed by atoms with E-state index in [1.54, 1.807) is 13.8 Å². The average molecular weight is 239 g/mol. The fourth-order valence-electron chi connectivity index (χ4n) is 1.40. The van der Waals surface area contributed by atoms with Crippen molar-refractivity contribution in [1.29, 1.82) is 0 Å². The molecule has 2 rings (SSSR count). The van der Waals surface area contributed by atoms with Gasteiger partial charge in [-0.2, -0.15) is 0 Å². The van der Waals surface area contributed by atoms with Gasteiger partial charge in [0.2, 0.25) is 0 Å². The van der Waals surface area contributed by atoms with Crippen LogP contribution in [0.5, 0.6) is 0 Å². The third-order valence-corrected chi connectivity index (χ3v) is 2.46. The van der Waals surface area contributed by atoms with Crippen LogP contribution in [0.15, 0.2) is 16.8 Å². The number of nitrogens with zero attached hydrogens (tertiary/aromatic N) is 2. The van der Waals surface area contributed by atoms with Gasteiger partial charge in [-0.25, -0.2) is 13.4 Å². The van der Waals surface area contributed by atoms with Crippen LogP contribution in [0.2, 0.25) is 0 Å². The van der Waals surface area contributed by atoms with Crippen molar-refractivity contribution in [3.05, 3.63) is 40.7 Å². The number of anilines is 1. The molecule has 0 aliphatic rings. The van der Waals surface area contributed by atoms with Crippen molar-refractivity contribution < 1.29 is 13.4 Å². The highest BCUT2D eigenvalue weighted by molar-refractivity contribution is 5.49. The van der Waals surface area contributed by atoms with Gasteiger partial charge in [-0.1, -0.05) is 16.4 Å². The molecule has 0 spiro atoms. The predicted molar refractivity (Wildman–Crippen MR) is 57.5 cm³/mol. The first-order valence-corrected chi connectivity index (χ1v) is 5.06. The minimum atomic E-state index is -0.637. The molecule has 0 saturated carbocycles. The molecular weight excluding hydrogens is 228 g/mol. The van der Waals surface area contributed by atoms with Gasteiger partial charge in [-0.05, 0) is 25.5 Å². The summed E-state index contributed by atoms with van der Waals surface area (Å²) in [5, 5.41) is 9.85. The molecule has 2 aromatic rings. The molecule has 6 heteroatoms. The zero-order valence-corrected chi connectivity index (χ0v) is 9.42. The second kappa shape index (κ2) is 4.48. The molecule has 1 heterocycles. The molecule has 0 saturated heterocycles. The van der Waals surface area contributed by atoms with Crippen LogP contribution >= 0.6 is 0 Å². The number of hydrogen-bond acceptors (Lipinski definition) is 4. The second-order valence-corrected chi connectivity index (χ2v) is 3.70. The quantitative estimate of drug-likeness (QED) is 0.894. The van der Waals surface area contributed by atoms with E-state index in [9.17, 15) is 8.78 Å². The standard InChI is InChI=1S/C11H11F2N3O/c1-6-3-4-8(12)11(10(6)13)14-5-9-7(2)15-17-16-9/h3-4,14H,5H2,1-2H3. The molecule has 1 N–H and O–H groups in total. The topological polar surface area (TPSA) is 51.0 Å². The number of aromatic nitrogens is 2. The van der Waals surface area contributed by atoms with Crippen molar-refractivity contribution in [2.24, 2.45) is 0 Å². The molecule has 1 aromatic heterocycles. The van der Waals surface area contributed by atoms with E-state index in [4.69, 9.17) is 0 Å². The first-order valence-electron chi connectivity index (χ1n) is 5.06. The Morgan fingerprint density at radius 3 is 2.65 bits per heavy atom. The van der Waals surface area contributed by atoms with Gasteiger partial charge in [0.25, 0.3) is 0 Å². The van der Waals surface area contributed by atoms with E-state index in [-0.39, 0.29) is 12.2 Å². The van der Waals surface area contributed by atoms with Crippen molar-refractivity contribution in [1.82, 2.24) is 10.3 Å². The van der Waals surface area contributed by atoms with Crippen LogP contribution in [0.1, 0.15) is 17.0 Å². The molecule has 0 bridgehead atoms. The molecule has 0 radical (unpaired) electrons. The summed E-state index contributed by atoms with van der Waals surface area (Å²) < 4.78 is 31.5. The maximum absolute atomic E-state index is 13.6. The molecule has 90 valence electrons. The summed E-state index contributed by atoms with van der Waals surface area (Å²) in [6.07, 6.45) is 0. The van der Waals surface area contributed by atoms with E-state index >= 15 is 0 Å². The summed E-state index contributed by atoms with van der Waals surface area (Å²) in [5.41, 5.74) is 1.33. The Labute approximate surface area is 96.6 Å². The van der Waals surface area contributed by atoms with Crippen LogP contribution in [0.25, 0.3) is 0 Å². The van der Waals surface area contributed by atoms with Gasteiger partial charge in [0.1, 0.15) is 22.9 Å². The van der Waals surface area contributed by atoms with Crippen molar-refractivity contribution in [3.63, 3.8) is 0 Å². The molecular formula is C11H11F2N3O. The Bertz CT molecular complexity index is 540. The molecule has 4 nitrogen and oxygen atoms in total. The highest BCUT2D eigenvalue weighted by Gasteiger charge is 2.12. The van der Waals surface area contributed by atoms with Gasteiger partial charge in [0.15, 0.2) is 5.82 Å². The Morgan fingerprint density at radius 1 is 1.24 bits per heavy atom. The van der Waals surface area contributed by atoms with Crippen LogP contribution in [0.4, 0.5) is 14.5 Å². The predicted octanol–water partition coefficient (Wildman–Crippen LogP) is 2.58. The number of aryl methyl sites for hydroxylation is 2. The van der Waals surface area contributed by atoms with E-state index < -0.39 is 11.6 Å². The monoisotopic (exact) mass is 239 g/mol. The van der Waals surface area contributed by atoms with Gasteiger partial charge in [-0.15, -0.1) is 0 Å². The van der Waals surface area contributed by atoms with Gasteiger partial charge in [0, 0.05) is 0 Å². The number of halogens is 2. The van der Waals surface area contributed by atoms with Crippen molar-refractivity contribution >= 4 is 5.69 Å². The largest absolute Gasteiger partial charge is 0.374 e. The summed E-state index contributed by atoms with van der Waals surface area (Å²) >= 11 is 0. The van der Waals surface area contributed by atoms with E-state index in [0.717, 1.165) is 0 Å². The van der Waals surface area contributed by atoms with E-state index in [0.29, 0.717) is 17.0 Å². The fourth-order valence-corrected chi connectivity index (χ4v) is 1.40. The van der Waals surface area contributed by atoms with Crippen LogP contribution in [-0.4, -0.2) is 10.3 Å². The lowest BCUT2D eigenvalue weighted by Gasteiger charge is -2.08. The molecule has 0 aliphatic heterocycles. The highest BCUT2D eigenvalue weighted by Crippen LogP contribution is 2.22. The van der Waals surface area contributed by atoms with Crippen LogP contribution < -0.4 is 5.32 Å². The minimum Gasteiger partial charge on any atom is -0.374 e. The first-order chi connectivity index (χ1) is 8.09. The number of rotatable bonds is 3. The lowest BCUT2D eigenvalue weighted by Crippen LogP contribution is -2.06. The zero-order valence-electron chi connectivity index (χ0n) is 9.42. The molecule has 17 heavy (non-hydrogen) atoms. The molecule has 0 aliphatic carbocycles. The van der Waals surface area contributed by atoms with Gasteiger partial charge < -0.3 is 5.32 Å². The van der Waals surface area contributed by atoms with Crippen molar-refractivity contribution in [2.45, 2.75) is 20.4 Å². The molecule has 0 atom stereocenters. The highest BCUT2D eigenvalue weighted by atomic mass is 19.1. The Hall–Kier alpha value is -1.98. The fraction of sp³-hybridized carbons (Fsp3) is 0.273. The van der Waals surface area contributed by atoms with E-state index in [2.05, 4.69) is 20.3 Å². The van der Waals surface area contributed by atoms with Gasteiger partial charge in [-0.3, -0.25) is 0 Å². The van der Waals surface area contributed by atoms with Crippen molar-refractivity contribution in [3.8, 4) is 0 Å². The van der Waals surface area contributed by atoms with Gasteiger partial charge >= 0.3 is 0 Å². The van der Waals surface area contributed by atoms with Crippen LogP contribution in [0, 0.1) is 25.5 Å². The Kier molecular flexibility index (Phi) is 3.03.